The molecule has 1 unspecified atom stereocenters. The summed E-state index contributed by atoms with van der Waals surface area (Å²) >= 11 is 0. The Hall–Kier alpha value is -2.73. The zero-order valence-electron chi connectivity index (χ0n) is 16.7. The average molecular weight is 419 g/mol. The summed E-state index contributed by atoms with van der Waals surface area (Å²) in [6.07, 6.45) is -7.21. The Labute approximate surface area is 166 Å². The van der Waals surface area contributed by atoms with E-state index in [-0.39, 0.29) is 0 Å². The molecule has 0 aromatic carbocycles. The van der Waals surface area contributed by atoms with Crippen molar-refractivity contribution >= 4 is 29.8 Å². The van der Waals surface area contributed by atoms with E-state index in [1.54, 1.807) is 0 Å². The molecule has 164 valence electrons. The molecular weight excluding hydrogens is 394 g/mol. The summed E-state index contributed by atoms with van der Waals surface area (Å²) in [5, 5.41) is 12.7. The van der Waals surface area contributed by atoms with Gasteiger partial charge in [0.15, 0.2) is 24.6 Å². The molecule has 1 aliphatic heterocycles. The number of amides is 1. The number of aliphatic hydroxyl groups is 1. The largest absolute Gasteiger partial charge is 0.462 e. The van der Waals surface area contributed by atoms with E-state index in [2.05, 4.69) is 5.32 Å². The van der Waals surface area contributed by atoms with Crippen molar-refractivity contribution in [2.75, 3.05) is 6.61 Å². The lowest BCUT2D eigenvalue weighted by molar-refractivity contribution is -0.278. The summed E-state index contributed by atoms with van der Waals surface area (Å²) in [7, 11) is 0. The Morgan fingerprint density at radius 2 is 1.45 bits per heavy atom. The van der Waals surface area contributed by atoms with Gasteiger partial charge in [-0.2, -0.15) is 0 Å². The van der Waals surface area contributed by atoms with Crippen molar-refractivity contribution in [1.29, 1.82) is 0 Å². The molecule has 1 aliphatic rings. The average Bonchev–Trinajstić information content (AvgIpc) is 2.55. The highest BCUT2D eigenvalue weighted by atomic mass is 16.7. The summed E-state index contributed by atoms with van der Waals surface area (Å²) < 4.78 is 25.8. The number of carbonyl (C=O) groups excluding carboxylic acids is 5. The van der Waals surface area contributed by atoms with Gasteiger partial charge in [0.2, 0.25) is 5.91 Å². The zero-order valence-corrected chi connectivity index (χ0v) is 16.7. The Morgan fingerprint density at radius 1 is 0.897 bits per heavy atom. The first-order valence-corrected chi connectivity index (χ1v) is 8.68. The molecular formula is C17H25NO11. The van der Waals surface area contributed by atoms with E-state index in [0.29, 0.717) is 0 Å². The van der Waals surface area contributed by atoms with E-state index < -0.39 is 73.1 Å². The molecule has 0 aliphatic carbocycles. The van der Waals surface area contributed by atoms with E-state index >= 15 is 0 Å². The maximum atomic E-state index is 11.6. The van der Waals surface area contributed by atoms with Crippen molar-refractivity contribution in [3.05, 3.63) is 0 Å². The second-order valence-electron chi connectivity index (χ2n) is 6.32. The molecule has 1 rings (SSSR count). The minimum absolute atomic E-state index is 0.484. The van der Waals surface area contributed by atoms with Crippen molar-refractivity contribution in [2.24, 2.45) is 0 Å². The van der Waals surface area contributed by atoms with Crippen LogP contribution in [0.3, 0.4) is 0 Å². The summed E-state index contributed by atoms with van der Waals surface area (Å²) in [5.74, 6) is -3.62. The fraction of sp³-hybridized carbons (Fsp3) is 0.706. The standard InChI is InChI=1S/C17H25NO11/c1-7(19)18-13-15(27-10(4)22)16(28-11(5)23)14(29-17(13)24)12(26-9(3)21)6-25-8(2)20/h12-17,24H,6H2,1-5H3,(H,18,19)/t12-,13+,14+,15+,16+,17?/m1/s1. The van der Waals surface area contributed by atoms with E-state index in [1.165, 1.54) is 0 Å². The minimum atomic E-state index is -1.73. The maximum absolute atomic E-state index is 11.6. The number of hydrogen-bond acceptors (Lipinski definition) is 11. The fourth-order valence-electron chi connectivity index (χ4n) is 2.83. The first-order chi connectivity index (χ1) is 13.4. The highest BCUT2D eigenvalue weighted by molar-refractivity contribution is 5.73. The van der Waals surface area contributed by atoms with Crippen LogP contribution in [0.15, 0.2) is 0 Å². The van der Waals surface area contributed by atoms with E-state index in [0.717, 1.165) is 34.6 Å². The molecule has 29 heavy (non-hydrogen) atoms. The highest BCUT2D eigenvalue weighted by Crippen LogP contribution is 2.29. The number of nitrogens with one attached hydrogen (secondary N) is 1. The van der Waals surface area contributed by atoms with Crippen LogP contribution >= 0.6 is 0 Å². The summed E-state index contributed by atoms with van der Waals surface area (Å²) in [5.41, 5.74) is 0. The van der Waals surface area contributed by atoms with Crippen molar-refractivity contribution in [1.82, 2.24) is 5.32 Å². The SMILES string of the molecule is CC(=O)N[C@@H]1C(O)O[C@@H]([C@@H](COC(C)=O)OC(C)=O)[C@H](OC(C)=O)[C@H]1OC(C)=O. The third kappa shape index (κ3) is 7.66. The Morgan fingerprint density at radius 3 is 1.90 bits per heavy atom. The van der Waals surface area contributed by atoms with Gasteiger partial charge >= 0.3 is 23.9 Å². The number of rotatable bonds is 7. The fourth-order valence-corrected chi connectivity index (χ4v) is 2.83. The maximum Gasteiger partial charge on any atom is 0.303 e. The normalized spacial score (nSPS) is 27.2. The first-order valence-electron chi connectivity index (χ1n) is 8.68. The number of hydrogen-bond donors (Lipinski definition) is 2. The quantitative estimate of drug-likeness (QED) is 0.367. The molecule has 2 N–H and O–H groups in total. The van der Waals surface area contributed by atoms with E-state index in [1.807, 2.05) is 0 Å². The van der Waals surface area contributed by atoms with Crippen molar-refractivity contribution < 1.29 is 52.8 Å². The van der Waals surface area contributed by atoms with Gasteiger partial charge in [-0.1, -0.05) is 0 Å². The topological polar surface area (TPSA) is 164 Å². The molecule has 0 aromatic rings. The summed E-state index contributed by atoms with van der Waals surface area (Å²) in [6, 6.07) is -1.29. The van der Waals surface area contributed by atoms with E-state index in [4.69, 9.17) is 23.7 Å². The first kappa shape index (κ1) is 24.3. The molecule has 1 heterocycles. The number of aliphatic hydroxyl groups excluding tert-OH is 1. The molecule has 0 bridgehead atoms. The molecule has 12 nitrogen and oxygen atoms in total. The molecule has 0 aromatic heterocycles. The lowest BCUT2D eigenvalue weighted by Gasteiger charge is -2.45. The number of esters is 4. The van der Waals surface area contributed by atoms with Crippen LogP contribution in [-0.4, -0.2) is 78.2 Å². The van der Waals surface area contributed by atoms with Crippen molar-refractivity contribution in [3.8, 4) is 0 Å². The van der Waals surface area contributed by atoms with Gasteiger partial charge in [-0.15, -0.1) is 0 Å². The molecule has 1 amide bonds. The van der Waals surface area contributed by atoms with Crippen molar-refractivity contribution in [3.63, 3.8) is 0 Å². The van der Waals surface area contributed by atoms with Gasteiger partial charge < -0.3 is 34.1 Å². The summed E-state index contributed by atoms with van der Waals surface area (Å²) in [4.78, 5) is 57.4. The monoisotopic (exact) mass is 419 g/mol. The van der Waals surface area contributed by atoms with Gasteiger partial charge in [-0.25, -0.2) is 0 Å². The van der Waals surface area contributed by atoms with Crippen LogP contribution in [-0.2, 0) is 47.7 Å². The Kier molecular flexibility index (Phi) is 8.98. The van der Waals surface area contributed by atoms with Gasteiger partial charge in [-0.3, -0.25) is 24.0 Å². The number of carbonyl (C=O) groups is 5. The van der Waals surface area contributed by atoms with Crippen LogP contribution in [0.1, 0.15) is 34.6 Å². The molecule has 0 saturated carbocycles. The van der Waals surface area contributed by atoms with E-state index in [9.17, 15) is 29.1 Å². The molecule has 1 saturated heterocycles. The predicted molar refractivity (Wildman–Crippen MR) is 91.8 cm³/mol. The minimum Gasteiger partial charge on any atom is -0.462 e. The lowest BCUT2D eigenvalue weighted by Crippen LogP contribution is -2.67. The van der Waals surface area contributed by atoms with Gasteiger partial charge in [0, 0.05) is 34.6 Å². The Bertz CT molecular complexity index is 649. The second kappa shape index (κ2) is 10.7. The molecule has 0 spiro atoms. The van der Waals surface area contributed by atoms with Crippen LogP contribution in [0.2, 0.25) is 0 Å². The molecule has 6 atom stereocenters. The van der Waals surface area contributed by atoms with Gasteiger partial charge in [0.05, 0.1) is 0 Å². The molecule has 0 radical (unpaired) electrons. The summed E-state index contributed by atoms with van der Waals surface area (Å²) in [6.45, 7) is 5.04. The van der Waals surface area contributed by atoms with Crippen LogP contribution in [0.5, 0.6) is 0 Å². The third-order valence-electron chi connectivity index (χ3n) is 3.71. The number of ether oxygens (including phenoxy) is 5. The molecule has 1 fully saturated rings. The second-order valence-corrected chi connectivity index (χ2v) is 6.32. The van der Waals surface area contributed by atoms with Crippen molar-refractivity contribution in [2.45, 2.75) is 71.4 Å². The Balaban J connectivity index is 3.34. The van der Waals surface area contributed by atoms with Crippen LogP contribution in [0.4, 0.5) is 0 Å². The smallest absolute Gasteiger partial charge is 0.303 e. The van der Waals surface area contributed by atoms with Crippen LogP contribution in [0, 0.1) is 0 Å². The highest BCUT2D eigenvalue weighted by Gasteiger charge is 2.53. The van der Waals surface area contributed by atoms with Gasteiger partial charge in [0.25, 0.3) is 0 Å². The molecule has 12 heteroatoms. The lowest BCUT2D eigenvalue weighted by atomic mass is 9.93. The predicted octanol–water partition coefficient (Wildman–Crippen LogP) is -1.43. The van der Waals surface area contributed by atoms with Crippen LogP contribution < -0.4 is 5.32 Å². The van der Waals surface area contributed by atoms with Gasteiger partial charge in [-0.05, 0) is 0 Å². The van der Waals surface area contributed by atoms with Crippen LogP contribution in [0.25, 0.3) is 0 Å². The third-order valence-corrected chi connectivity index (χ3v) is 3.71. The van der Waals surface area contributed by atoms with Gasteiger partial charge in [0.1, 0.15) is 18.8 Å². The zero-order chi connectivity index (χ0) is 22.3.